The van der Waals surface area contributed by atoms with Crippen LogP contribution in [0.25, 0.3) is 0 Å². The standard InChI is InChI=1S/C10H16N2OS/c13-7-9-6-11-10(14)12(9)5-1-2-8-3-4-8/h6,8,13H,1-5,7H2,(H,11,14). The molecule has 3 nitrogen and oxygen atoms in total. The Bertz CT molecular complexity index is 351. The predicted molar refractivity (Wildman–Crippen MR) is 57.5 cm³/mol. The zero-order chi connectivity index (χ0) is 9.97. The Labute approximate surface area is 88.8 Å². The molecule has 14 heavy (non-hydrogen) atoms. The summed E-state index contributed by atoms with van der Waals surface area (Å²) in [5, 5.41) is 9.07. The number of nitrogens with zero attached hydrogens (tertiary/aromatic N) is 1. The Kier molecular flexibility index (Phi) is 3.03. The highest BCUT2D eigenvalue weighted by Gasteiger charge is 2.20. The number of nitrogens with one attached hydrogen (secondary N) is 1. The molecule has 0 saturated heterocycles. The SMILES string of the molecule is OCc1c[nH]c(=S)n1CCCC1CC1. The van der Waals surface area contributed by atoms with Gasteiger partial charge in [0.15, 0.2) is 4.77 Å². The van der Waals surface area contributed by atoms with Gasteiger partial charge in [-0.15, -0.1) is 0 Å². The Morgan fingerprint density at radius 2 is 2.36 bits per heavy atom. The van der Waals surface area contributed by atoms with Crippen molar-refractivity contribution in [3.8, 4) is 0 Å². The second-order valence-electron chi connectivity index (χ2n) is 3.98. The van der Waals surface area contributed by atoms with E-state index in [1.165, 1.54) is 25.7 Å². The number of aromatic amines is 1. The highest BCUT2D eigenvalue weighted by molar-refractivity contribution is 7.71. The smallest absolute Gasteiger partial charge is 0.177 e. The van der Waals surface area contributed by atoms with Gasteiger partial charge < -0.3 is 14.7 Å². The van der Waals surface area contributed by atoms with Crippen LogP contribution in [-0.4, -0.2) is 14.7 Å². The van der Waals surface area contributed by atoms with Crippen LogP contribution < -0.4 is 0 Å². The Balaban J connectivity index is 1.92. The summed E-state index contributed by atoms with van der Waals surface area (Å²) in [6.07, 6.45) is 7.08. The topological polar surface area (TPSA) is 40.9 Å². The van der Waals surface area contributed by atoms with Crippen LogP contribution in [-0.2, 0) is 13.2 Å². The minimum absolute atomic E-state index is 0.0660. The molecule has 0 spiro atoms. The summed E-state index contributed by atoms with van der Waals surface area (Å²) in [5.74, 6) is 0.973. The Morgan fingerprint density at radius 1 is 1.57 bits per heavy atom. The molecule has 0 radical (unpaired) electrons. The molecule has 0 aliphatic heterocycles. The van der Waals surface area contributed by atoms with E-state index in [1.807, 2.05) is 4.57 Å². The molecule has 4 heteroatoms. The number of aliphatic hydroxyl groups is 1. The maximum Gasteiger partial charge on any atom is 0.177 e. The normalized spacial score (nSPS) is 16.1. The van der Waals surface area contributed by atoms with E-state index < -0.39 is 0 Å². The van der Waals surface area contributed by atoms with E-state index in [0.29, 0.717) is 0 Å². The Hall–Kier alpha value is -0.610. The van der Waals surface area contributed by atoms with Gasteiger partial charge in [0.2, 0.25) is 0 Å². The molecule has 1 aromatic heterocycles. The zero-order valence-corrected chi connectivity index (χ0v) is 9.02. The summed E-state index contributed by atoms with van der Waals surface area (Å²) in [7, 11) is 0. The van der Waals surface area contributed by atoms with Crippen LogP contribution in [0.2, 0.25) is 0 Å². The first-order valence-electron chi connectivity index (χ1n) is 5.19. The summed E-state index contributed by atoms with van der Waals surface area (Å²) in [6.45, 7) is 1.01. The van der Waals surface area contributed by atoms with E-state index in [1.54, 1.807) is 6.20 Å². The summed E-state index contributed by atoms with van der Waals surface area (Å²) in [5.41, 5.74) is 0.894. The van der Waals surface area contributed by atoms with Crippen LogP contribution in [0.1, 0.15) is 31.4 Å². The van der Waals surface area contributed by atoms with E-state index in [9.17, 15) is 0 Å². The molecule has 1 saturated carbocycles. The van der Waals surface area contributed by atoms with Crippen LogP contribution in [0.4, 0.5) is 0 Å². The molecule has 78 valence electrons. The summed E-state index contributed by atoms with van der Waals surface area (Å²) >= 11 is 5.13. The second-order valence-corrected chi connectivity index (χ2v) is 4.37. The minimum Gasteiger partial charge on any atom is -0.390 e. The third-order valence-electron chi connectivity index (χ3n) is 2.81. The van der Waals surface area contributed by atoms with Gasteiger partial charge >= 0.3 is 0 Å². The molecule has 1 heterocycles. The second kappa shape index (κ2) is 4.28. The molecule has 1 aliphatic carbocycles. The molecular weight excluding hydrogens is 196 g/mol. The van der Waals surface area contributed by atoms with Gasteiger partial charge in [0.25, 0.3) is 0 Å². The number of imidazole rings is 1. The van der Waals surface area contributed by atoms with Crippen LogP contribution in [0.5, 0.6) is 0 Å². The highest BCUT2D eigenvalue weighted by atomic mass is 32.1. The molecule has 0 bridgehead atoms. The van der Waals surface area contributed by atoms with Gasteiger partial charge in [-0.25, -0.2) is 0 Å². The molecular formula is C10H16N2OS. The lowest BCUT2D eigenvalue weighted by atomic mass is 10.2. The van der Waals surface area contributed by atoms with E-state index in [4.69, 9.17) is 17.3 Å². The summed E-state index contributed by atoms with van der Waals surface area (Å²) in [6, 6.07) is 0. The summed E-state index contributed by atoms with van der Waals surface area (Å²) in [4.78, 5) is 2.96. The summed E-state index contributed by atoms with van der Waals surface area (Å²) < 4.78 is 2.72. The molecule has 2 N–H and O–H groups in total. The molecule has 1 fully saturated rings. The van der Waals surface area contributed by atoms with Crippen LogP contribution >= 0.6 is 12.2 Å². The van der Waals surface area contributed by atoms with Crippen molar-refractivity contribution in [2.75, 3.05) is 0 Å². The molecule has 0 atom stereocenters. The lowest BCUT2D eigenvalue weighted by Gasteiger charge is -2.05. The van der Waals surface area contributed by atoms with Gasteiger partial charge in [0.1, 0.15) is 0 Å². The van der Waals surface area contributed by atoms with E-state index in [-0.39, 0.29) is 6.61 Å². The number of aliphatic hydroxyl groups excluding tert-OH is 1. The molecule has 2 rings (SSSR count). The van der Waals surface area contributed by atoms with Crippen LogP contribution in [0, 0.1) is 10.7 Å². The lowest BCUT2D eigenvalue weighted by molar-refractivity contribution is 0.269. The first-order chi connectivity index (χ1) is 6.81. The van der Waals surface area contributed by atoms with Crippen molar-refractivity contribution in [1.82, 2.24) is 9.55 Å². The van der Waals surface area contributed by atoms with E-state index >= 15 is 0 Å². The van der Waals surface area contributed by atoms with E-state index in [2.05, 4.69) is 4.98 Å². The van der Waals surface area contributed by atoms with E-state index in [0.717, 1.165) is 22.9 Å². The van der Waals surface area contributed by atoms with Crippen molar-refractivity contribution in [2.45, 2.75) is 38.8 Å². The minimum atomic E-state index is 0.0660. The van der Waals surface area contributed by atoms with Crippen LogP contribution in [0.15, 0.2) is 6.20 Å². The van der Waals surface area contributed by atoms with Crippen molar-refractivity contribution < 1.29 is 5.11 Å². The first-order valence-corrected chi connectivity index (χ1v) is 5.60. The molecule has 0 aromatic carbocycles. The first kappa shape index (κ1) is 9.93. The van der Waals surface area contributed by atoms with Crippen molar-refractivity contribution in [3.63, 3.8) is 0 Å². The van der Waals surface area contributed by atoms with Crippen molar-refractivity contribution >= 4 is 12.2 Å². The predicted octanol–water partition coefficient (Wildman–Crippen LogP) is 2.23. The largest absolute Gasteiger partial charge is 0.390 e. The monoisotopic (exact) mass is 212 g/mol. The average molecular weight is 212 g/mol. The van der Waals surface area contributed by atoms with Gasteiger partial charge in [-0.3, -0.25) is 0 Å². The van der Waals surface area contributed by atoms with Gasteiger partial charge in [-0.05, 0) is 31.0 Å². The third-order valence-corrected chi connectivity index (χ3v) is 3.15. The van der Waals surface area contributed by atoms with Gasteiger partial charge in [0, 0.05) is 12.7 Å². The fourth-order valence-corrected chi connectivity index (χ4v) is 2.02. The lowest BCUT2D eigenvalue weighted by Crippen LogP contribution is -2.03. The maximum atomic E-state index is 9.07. The number of hydrogen-bond donors (Lipinski definition) is 2. The number of H-pyrrole nitrogens is 1. The molecule has 0 amide bonds. The average Bonchev–Trinajstić information content (AvgIpc) is 2.93. The van der Waals surface area contributed by atoms with Crippen molar-refractivity contribution in [3.05, 3.63) is 16.7 Å². The van der Waals surface area contributed by atoms with Crippen molar-refractivity contribution in [2.24, 2.45) is 5.92 Å². The maximum absolute atomic E-state index is 9.07. The van der Waals surface area contributed by atoms with Crippen LogP contribution in [0.3, 0.4) is 0 Å². The number of rotatable bonds is 5. The van der Waals surface area contributed by atoms with Gasteiger partial charge in [-0.2, -0.15) is 0 Å². The fourth-order valence-electron chi connectivity index (χ4n) is 1.75. The molecule has 1 aliphatic rings. The Morgan fingerprint density at radius 3 is 3.00 bits per heavy atom. The van der Waals surface area contributed by atoms with Gasteiger partial charge in [0.05, 0.1) is 12.3 Å². The van der Waals surface area contributed by atoms with Crippen molar-refractivity contribution in [1.29, 1.82) is 0 Å². The highest BCUT2D eigenvalue weighted by Crippen LogP contribution is 2.33. The van der Waals surface area contributed by atoms with Gasteiger partial charge in [-0.1, -0.05) is 12.8 Å². The molecule has 1 aromatic rings. The number of aromatic nitrogens is 2. The third kappa shape index (κ3) is 2.25. The zero-order valence-electron chi connectivity index (χ0n) is 8.20. The fraction of sp³-hybridized carbons (Fsp3) is 0.700. The quantitative estimate of drug-likeness (QED) is 0.735. The number of hydrogen-bond acceptors (Lipinski definition) is 2. The molecule has 0 unspecified atom stereocenters.